The van der Waals surface area contributed by atoms with Gasteiger partial charge in [0, 0.05) is 0 Å². The maximum absolute atomic E-state index is 12.5. The normalized spacial score (nSPS) is 53.8. The van der Waals surface area contributed by atoms with E-state index >= 15 is 0 Å². The highest BCUT2D eigenvalue weighted by Crippen LogP contribution is 2.42. The van der Waals surface area contributed by atoms with Gasteiger partial charge in [-0.05, 0) is 0 Å². The second kappa shape index (κ2) is 43.4. The molecule has 0 radical (unpaired) electrons. The molecule has 56 nitrogen and oxygen atoms in total. The average Bonchev–Trinajstić information content (AvgIpc) is 0.758. The molecule has 56 heteroatoms. The van der Waals surface area contributed by atoms with Gasteiger partial charge in [0.15, 0.2) is 69.2 Å². The van der Waals surface area contributed by atoms with Crippen molar-refractivity contribution in [2.24, 2.45) is 0 Å². The molecule has 11 rings (SSSR count). The Labute approximate surface area is 687 Å². The molecule has 11 heterocycles. The van der Waals surface area contributed by atoms with Crippen LogP contribution in [0, 0.1) is 0 Å². The number of hydrogen-bond donors (Lipinski definition) is 35. The Bertz CT molecular complexity index is 3120. The maximum atomic E-state index is 12.5. The Hall–Kier alpha value is -2.24. The lowest BCUT2D eigenvalue weighted by molar-refractivity contribution is -0.424. The van der Waals surface area contributed by atoms with Crippen molar-refractivity contribution in [2.75, 3.05) is 72.7 Å². The van der Waals surface area contributed by atoms with E-state index in [9.17, 15) is 179 Å². The van der Waals surface area contributed by atoms with Crippen LogP contribution in [0.15, 0.2) is 0 Å². The van der Waals surface area contributed by atoms with Crippen molar-refractivity contribution in [1.82, 2.24) is 0 Å². The van der Waals surface area contributed by atoms with Gasteiger partial charge in [-0.3, -0.25) is 0 Å². The maximum Gasteiger partial charge on any atom is 0.187 e. The summed E-state index contributed by atoms with van der Waals surface area (Å²) < 4.78 is 122. The molecule has 11 aliphatic heterocycles. The lowest BCUT2D eigenvalue weighted by Crippen LogP contribution is -2.69. The van der Waals surface area contributed by atoms with Gasteiger partial charge in [-0.15, -0.1) is 0 Å². The summed E-state index contributed by atoms with van der Waals surface area (Å²) in [6, 6.07) is 0. The molecule has 11 aliphatic rings. The summed E-state index contributed by atoms with van der Waals surface area (Å²) in [7, 11) is 0. The molecule has 0 aromatic heterocycles. The van der Waals surface area contributed by atoms with Crippen molar-refractivity contribution >= 4 is 0 Å². The SMILES string of the molecule is OC[C@H]1O[C@H](OC[C@H]2OC(O)[C@H](O[C@@H]3O[C@H](CO)[C@@H](O)[C@H](O)[C@@H]3O[C@@H]3O[C@H](CO[C@H]4O[C@H](CO)[C@H](O)[C@H](O)[C@H]4O)[C@@H](O)[C@H](O)[C@@H]3O[C@@H]3O[C@H](CO)[C@H](O)[C@H](O)[C@H]3O[C@@H]3O[C@H](CO[C@H]4O[C@H](CO)[C@@H](O)[C@H](O)[C@@H]4O)[C@@H](O)[C@H](O)[C@@H]3O[C@@H]3O[C@H](CO)[C@H](O)[C@H](O)[C@H]3O[C@@H]3O[C@H](CO)[C@@H](O)[C@H](O)[C@@H]3O[C@@H]3O[C@H](CO)[C@@H](O)[C@H](O)[C@@H]3O)[C@@H](O)[C@H]2O)[C@H](O)[C@@H](O)[C@H]1O. The van der Waals surface area contributed by atoms with Crippen LogP contribution in [0.3, 0.4) is 0 Å². The van der Waals surface area contributed by atoms with Gasteiger partial charge in [0.05, 0.1) is 72.7 Å². The van der Waals surface area contributed by atoms with Gasteiger partial charge in [0.25, 0.3) is 0 Å². The van der Waals surface area contributed by atoms with E-state index in [2.05, 4.69) is 0 Å². The van der Waals surface area contributed by atoms with E-state index in [1.807, 2.05) is 0 Å². The third-order valence-corrected chi connectivity index (χ3v) is 23.0. The summed E-state index contributed by atoms with van der Waals surface area (Å²) in [5.74, 6) is 0. The summed E-state index contributed by atoms with van der Waals surface area (Å²) in [5.41, 5.74) is 0. The minimum absolute atomic E-state index is 0.902. The third kappa shape index (κ3) is 21.0. The van der Waals surface area contributed by atoms with E-state index in [-0.39, 0.29) is 0 Å². The summed E-state index contributed by atoms with van der Waals surface area (Å²) in [5, 5.41) is 386. The van der Waals surface area contributed by atoms with Crippen LogP contribution in [0.4, 0.5) is 0 Å². The smallest absolute Gasteiger partial charge is 0.187 e. The lowest BCUT2D eigenvalue weighted by Gasteiger charge is -2.51. The van der Waals surface area contributed by atoms with E-state index in [1.165, 1.54) is 0 Å². The zero-order valence-electron chi connectivity index (χ0n) is 63.8. The predicted molar refractivity (Wildman–Crippen MR) is 362 cm³/mol. The number of ether oxygens (including phenoxy) is 21. The van der Waals surface area contributed by atoms with E-state index in [4.69, 9.17) is 99.5 Å². The van der Waals surface area contributed by atoms with Crippen LogP contribution in [-0.2, 0) is 99.5 Å². The second-order valence-electron chi connectivity index (χ2n) is 30.9. The molecular weight excluding hydrogens is 1690 g/mol. The first-order valence-electron chi connectivity index (χ1n) is 38.7. The fourth-order valence-corrected chi connectivity index (χ4v) is 15.5. The lowest BCUT2D eigenvalue weighted by atomic mass is 9.95. The van der Waals surface area contributed by atoms with Crippen LogP contribution < -0.4 is 0 Å². The molecule has 0 aromatic carbocycles. The van der Waals surface area contributed by atoms with Crippen molar-refractivity contribution in [3.8, 4) is 0 Å². The molecule has 1 unspecified atom stereocenters. The number of aliphatic hydroxyl groups excluding tert-OH is 35. The van der Waals surface area contributed by atoms with Gasteiger partial charge in [-0.25, -0.2) is 0 Å². The van der Waals surface area contributed by atoms with Crippen LogP contribution in [-0.4, -0.2) is 589 Å². The molecule has 0 saturated carbocycles. The van der Waals surface area contributed by atoms with Gasteiger partial charge in [0.1, 0.15) is 269 Å². The largest absolute Gasteiger partial charge is 0.394 e. The predicted octanol–water partition coefficient (Wildman–Crippen LogP) is -25.0. The van der Waals surface area contributed by atoms with Crippen LogP contribution in [0.25, 0.3) is 0 Å². The Morgan fingerprint density at radius 2 is 0.287 bits per heavy atom. The van der Waals surface area contributed by atoms with Gasteiger partial charge < -0.3 is 278 Å². The topological polar surface area (TPSA) is 902 Å². The molecule has 11 saturated heterocycles. The molecule has 0 spiro atoms. The van der Waals surface area contributed by atoms with Crippen LogP contribution >= 0.6 is 0 Å². The van der Waals surface area contributed by atoms with Crippen molar-refractivity contribution in [1.29, 1.82) is 0 Å². The molecule has 11 fully saturated rings. The Balaban J connectivity index is 0.934. The van der Waals surface area contributed by atoms with Gasteiger partial charge in [-0.1, -0.05) is 0 Å². The molecule has 35 N–H and O–H groups in total. The minimum Gasteiger partial charge on any atom is -0.394 e. The molecule has 55 atom stereocenters. The Kier molecular flexibility index (Phi) is 35.7. The highest BCUT2D eigenvalue weighted by Gasteiger charge is 2.62. The monoisotopic (exact) mass is 1800 g/mol. The highest BCUT2D eigenvalue weighted by molar-refractivity contribution is 5.04. The zero-order chi connectivity index (χ0) is 89.4. The highest BCUT2D eigenvalue weighted by atomic mass is 16.8. The first kappa shape index (κ1) is 100. The van der Waals surface area contributed by atoms with Gasteiger partial charge in [0.2, 0.25) is 0 Å². The summed E-state index contributed by atoms with van der Waals surface area (Å²) in [6.45, 7) is -12.1. The standard InChI is InChI=1S/C66H112O56/c67-1-12-23(75)34(86)45(97)57(106-12)102-9-20-31(83)38(90)49(56(101)105-20)116-61-51(40(92)28(80)16(5-71)110-61)121-65-54(43(95)32(84)21(114-65)10-103-58-46(98)35(87)24(76)13(2-68)107-58)120-64-53(42(94)30(82)19(8-74)113-64)122-66-55(44(96)33(85)22(115-66)11-104-59-47(99)36(88)25(77)14(3-69)108-59)119-63-52(41(93)29(81)18(7-73)112-63)118-62-50(39(91)27(79)17(6-72)111-62)117-60-48(100)37(89)26(78)15(4-70)109-60/h12-101H,1-11H2/t12-,13-,14-,15-,16-,17-,18-,19-,20-,21-,22-,23+,24+,25-,26-,27-,28-,29+,30+,31+,32-,33-,34+,35+,36+,37+,38+,39+,40+,41+,42+,43+,44+,45-,46-,47+,48+,49-,50+,51+,52-,53-,54+,55+,56?,57+,58+,59+,60+,61+,62+,63+,64+,65+,66+/m1/s1. The van der Waals surface area contributed by atoms with Crippen LogP contribution in [0.5, 0.6) is 0 Å². The average molecular weight is 1800 g/mol. The third-order valence-electron chi connectivity index (χ3n) is 23.0. The number of aliphatic hydroxyl groups is 35. The molecule has 0 aromatic rings. The summed E-state index contributed by atoms with van der Waals surface area (Å²) in [4.78, 5) is 0. The Morgan fingerprint density at radius 3 is 0.508 bits per heavy atom. The summed E-state index contributed by atoms with van der Waals surface area (Å²) in [6.07, 6.45) is -123. The second-order valence-corrected chi connectivity index (χ2v) is 30.9. The molecule has 0 bridgehead atoms. The molecule has 122 heavy (non-hydrogen) atoms. The van der Waals surface area contributed by atoms with Gasteiger partial charge >= 0.3 is 0 Å². The fraction of sp³-hybridized carbons (Fsp3) is 1.00. The van der Waals surface area contributed by atoms with Crippen LogP contribution in [0.1, 0.15) is 0 Å². The Morgan fingerprint density at radius 1 is 0.139 bits per heavy atom. The van der Waals surface area contributed by atoms with E-state index in [0.29, 0.717) is 0 Å². The van der Waals surface area contributed by atoms with E-state index < -0.39 is 410 Å². The quantitative estimate of drug-likeness (QED) is 0.0306. The van der Waals surface area contributed by atoms with Crippen molar-refractivity contribution in [2.45, 2.75) is 338 Å². The van der Waals surface area contributed by atoms with E-state index in [0.717, 1.165) is 0 Å². The van der Waals surface area contributed by atoms with Crippen LogP contribution in [0.2, 0.25) is 0 Å². The number of hydrogen-bond acceptors (Lipinski definition) is 56. The summed E-state index contributed by atoms with van der Waals surface area (Å²) >= 11 is 0. The molecule has 0 amide bonds. The first-order valence-corrected chi connectivity index (χ1v) is 38.7. The molecular formula is C66H112O56. The van der Waals surface area contributed by atoms with Gasteiger partial charge in [-0.2, -0.15) is 0 Å². The van der Waals surface area contributed by atoms with Crippen molar-refractivity contribution in [3.05, 3.63) is 0 Å². The van der Waals surface area contributed by atoms with E-state index in [1.54, 1.807) is 0 Å². The zero-order valence-corrected chi connectivity index (χ0v) is 63.8. The molecule has 0 aliphatic carbocycles. The first-order chi connectivity index (χ1) is 57.8. The fourth-order valence-electron chi connectivity index (χ4n) is 15.5. The molecule has 712 valence electrons. The van der Waals surface area contributed by atoms with Crippen molar-refractivity contribution in [3.63, 3.8) is 0 Å². The van der Waals surface area contributed by atoms with Crippen molar-refractivity contribution < 1.29 is 278 Å². The minimum atomic E-state index is -2.69. The number of rotatable bonds is 31.